The van der Waals surface area contributed by atoms with Gasteiger partial charge < -0.3 is 14.5 Å². The van der Waals surface area contributed by atoms with E-state index in [9.17, 15) is 19.2 Å². The van der Waals surface area contributed by atoms with Crippen LogP contribution >= 0.6 is 23.1 Å². The number of imide groups is 1. The maximum atomic E-state index is 13.9. The maximum Gasteiger partial charge on any atom is 0.338 e. The van der Waals surface area contributed by atoms with E-state index in [4.69, 9.17) is 9.47 Å². The molecule has 2 amide bonds. The molecular formula is C31H26N2O6S2. The molecule has 6 rings (SSSR count). The molecule has 1 fully saturated rings. The van der Waals surface area contributed by atoms with Crippen LogP contribution in [0.15, 0.2) is 82.6 Å². The molecule has 3 aromatic carbocycles. The molecule has 0 aliphatic carbocycles. The van der Waals surface area contributed by atoms with E-state index in [1.54, 1.807) is 31.2 Å². The molecular weight excluding hydrogens is 560 g/mol. The van der Waals surface area contributed by atoms with Crippen molar-refractivity contribution in [3.05, 3.63) is 110 Å². The van der Waals surface area contributed by atoms with E-state index in [0.29, 0.717) is 28.6 Å². The van der Waals surface area contributed by atoms with Gasteiger partial charge in [-0.05, 0) is 66.9 Å². The number of fused-ring (bicyclic) bond motifs is 2. The summed E-state index contributed by atoms with van der Waals surface area (Å²) in [4.78, 5) is 56.6. The van der Waals surface area contributed by atoms with Gasteiger partial charge in [0.2, 0.25) is 11.8 Å². The molecule has 0 spiro atoms. The molecule has 2 aliphatic heterocycles. The SMILES string of the molecule is CCOC(=O)c1ccc(N2C(=O)C3Sc4[nH]c(=O)sc4[C@H](c4ccc(OCc5ccccc5C)cc4)C3C2=O)cc1. The fourth-order valence-electron chi connectivity index (χ4n) is 5.30. The van der Waals surface area contributed by atoms with E-state index in [1.165, 1.54) is 16.7 Å². The number of rotatable bonds is 7. The molecule has 1 aromatic heterocycles. The summed E-state index contributed by atoms with van der Waals surface area (Å²) in [5.41, 5.74) is 3.79. The summed E-state index contributed by atoms with van der Waals surface area (Å²) in [7, 11) is 0. The van der Waals surface area contributed by atoms with Crippen LogP contribution in [-0.2, 0) is 20.9 Å². The van der Waals surface area contributed by atoms with Gasteiger partial charge in [-0.25, -0.2) is 9.69 Å². The average Bonchev–Trinajstić information content (AvgIpc) is 3.47. The first-order valence-corrected chi connectivity index (χ1v) is 14.9. The molecule has 0 bridgehead atoms. The fourth-order valence-corrected chi connectivity index (χ4v) is 7.81. The van der Waals surface area contributed by atoms with Gasteiger partial charge in [-0.1, -0.05) is 59.5 Å². The molecule has 3 atom stereocenters. The van der Waals surface area contributed by atoms with Gasteiger partial charge in [0.15, 0.2) is 0 Å². The first-order valence-electron chi connectivity index (χ1n) is 13.2. The lowest BCUT2D eigenvalue weighted by molar-refractivity contribution is -0.122. The fraction of sp³-hybridized carbons (Fsp3) is 0.226. The summed E-state index contributed by atoms with van der Waals surface area (Å²) in [6, 6.07) is 21.8. The van der Waals surface area contributed by atoms with Crippen molar-refractivity contribution in [2.24, 2.45) is 5.92 Å². The van der Waals surface area contributed by atoms with E-state index in [2.05, 4.69) is 4.98 Å². The van der Waals surface area contributed by atoms with Crippen molar-refractivity contribution in [2.75, 3.05) is 11.5 Å². The highest BCUT2D eigenvalue weighted by Crippen LogP contribution is 2.53. The molecule has 10 heteroatoms. The summed E-state index contributed by atoms with van der Waals surface area (Å²) in [6.07, 6.45) is 0. The van der Waals surface area contributed by atoms with Crippen molar-refractivity contribution in [1.29, 1.82) is 0 Å². The van der Waals surface area contributed by atoms with Crippen LogP contribution in [-0.4, -0.2) is 34.6 Å². The standard InChI is InChI=1S/C31H26N2O6S2/c1-3-38-30(36)19-8-12-21(13-9-19)33-28(34)24-23(25-27(32-31(37)41-25)40-26(24)29(33)35)18-10-14-22(15-11-18)39-16-20-7-5-4-6-17(20)2/h4-15,23-24,26H,3,16H2,1-2H3,(H,32,37)/t23-,24?,26?/m1/s1. The number of amides is 2. The van der Waals surface area contributed by atoms with Crippen LogP contribution in [0, 0.1) is 12.8 Å². The van der Waals surface area contributed by atoms with Crippen LogP contribution in [0.25, 0.3) is 0 Å². The first-order chi connectivity index (χ1) is 19.9. The van der Waals surface area contributed by atoms with Crippen molar-refractivity contribution in [3.8, 4) is 5.75 Å². The number of H-pyrrole nitrogens is 1. The third-order valence-electron chi connectivity index (χ3n) is 7.36. The normalized spacial score (nSPS) is 19.6. The third-order valence-corrected chi connectivity index (χ3v) is 9.76. The Balaban J connectivity index is 1.30. The molecule has 0 saturated carbocycles. The first kappa shape index (κ1) is 27.0. The summed E-state index contributed by atoms with van der Waals surface area (Å²) in [5, 5.41) is -0.0845. The van der Waals surface area contributed by atoms with Crippen LogP contribution in [0.1, 0.15) is 44.8 Å². The van der Waals surface area contributed by atoms with Gasteiger partial charge in [0.25, 0.3) is 0 Å². The van der Waals surface area contributed by atoms with Crippen LogP contribution in [0.4, 0.5) is 5.69 Å². The van der Waals surface area contributed by atoms with Gasteiger partial charge in [-0.3, -0.25) is 14.4 Å². The molecule has 208 valence electrons. The minimum Gasteiger partial charge on any atom is -0.489 e. The number of benzene rings is 3. The van der Waals surface area contributed by atoms with Crippen molar-refractivity contribution in [1.82, 2.24) is 4.98 Å². The highest BCUT2D eigenvalue weighted by molar-refractivity contribution is 8.00. The Morgan fingerprint density at radius 2 is 1.68 bits per heavy atom. The molecule has 41 heavy (non-hydrogen) atoms. The van der Waals surface area contributed by atoms with Gasteiger partial charge >= 0.3 is 10.8 Å². The average molecular weight is 587 g/mol. The Hall–Kier alpha value is -4.15. The number of hydrogen-bond donors (Lipinski definition) is 1. The molecule has 1 saturated heterocycles. The lowest BCUT2D eigenvalue weighted by Crippen LogP contribution is -2.32. The highest BCUT2D eigenvalue weighted by Gasteiger charge is 2.56. The van der Waals surface area contributed by atoms with Crippen molar-refractivity contribution < 1.29 is 23.9 Å². The van der Waals surface area contributed by atoms with Gasteiger partial charge in [0, 0.05) is 10.8 Å². The molecule has 2 unspecified atom stereocenters. The number of ether oxygens (including phenoxy) is 2. The summed E-state index contributed by atoms with van der Waals surface area (Å²) >= 11 is 2.29. The number of hydrogen-bond acceptors (Lipinski definition) is 8. The van der Waals surface area contributed by atoms with E-state index in [0.717, 1.165) is 32.9 Å². The monoisotopic (exact) mass is 586 g/mol. The van der Waals surface area contributed by atoms with Crippen LogP contribution < -0.4 is 14.5 Å². The van der Waals surface area contributed by atoms with Crippen LogP contribution in [0.3, 0.4) is 0 Å². The Bertz CT molecular complexity index is 1690. The van der Waals surface area contributed by atoms with Crippen LogP contribution in [0.2, 0.25) is 0 Å². The number of carbonyl (C=O) groups is 3. The number of thioether (sulfide) groups is 1. The molecule has 4 aromatic rings. The predicted molar refractivity (Wildman–Crippen MR) is 157 cm³/mol. The lowest BCUT2D eigenvalue weighted by Gasteiger charge is -2.29. The second kappa shape index (κ2) is 11.0. The minimum absolute atomic E-state index is 0.225. The highest BCUT2D eigenvalue weighted by atomic mass is 32.2. The third kappa shape index (κ3) is 4.98. The van der Waals surface area contributed by atoms with Crippen molar-refractivity contribution in [3.63, 3.8) is 0 Å². The van der Waals surface area contributed by atoms with Gasteiger partial charge in [0.05, 0.1) is 28.8 Å². The zero-order valence-electron chi connectivity index (χ0n) is 22.3. The van der Waals surface area contributed by atoms with E-state index in [-0.39, 0.29) is 23.3 Å². The molecule has 0 radical (unpaired) electrons. The summed E-state index contributed by atoms with van der Waals surface area (Å²) < 4.78 is 11.0. The molecule has 8 nitrogen and oxygen atoms in total. The van der Waals surface area contributed by atoms with Crippen molar-refractivity contribution in [2.45, 2.75) is 36.6 Å². The summed E-state index contributed by atoms with van der Waals surface area (Å²) in [6.45, 7) is 4.44. The number of carbonyl (C=O) groups excluding carboxylic acids is 3. The minimum atomic E-state index is -0.702. The zero-order valence-corrected chi connectivity index (χ0v) is 23.9. The van der Waals surface area contributed by atoms with Crippen LogP contribution in [0.5, 0.6) is 5.75 Å². The Morgan fingerprint density at radius 1 is 0.951 bits per heavy atom. The number of anilines is 1. The molecule has 3 heterocycles. The molecule has 1 N–H and O–H groups in total. The van der Waals surface area contributed by atoms with Gasteiger partial charge in [-0.2, -0.15) is 0 Å². The zero-order chi connectivity index (χ0) is 28.7. The Labute approximate surface area is 244 Å². The van der Waals surface area contributed by atoms with E-state index in [1.807, 2.05) is 55.5 Å². The smallest absolute Gasteiger partial charge is 0.338 e. The Morgan fingerprint density at radius 3 is 2.39 bits per heavy atom. The van der Waals surface area contributed by atoms with E-state index >= 15 is 0 Å². The number of nitrogens with zero attached hydrogens (tertiary/aromatic N) is 1. The number of aromatic amines is 1. The topological polar surface area (TPSA) is 106 Å². The van der Waals surface area contributed by atoms with Gasteiger partial charge in [0.1, 0.15) is 17.6 Å². The second-order valence-corrected chi connectivity index (χ2v) is 12.0. The Kier molecular flexibility index (Phi) is 7.27. The number of aryl methyl sites for hydroxylation is 1. The summed E-state index contributed by atoms with van der Waals surface area (Å²) in [5.74, 6) is -1.66. The predicted octanol–water partition coefficient (Wildman–Crippen LogP) is 5.30. The maximum absolute atomic E-state index is 13.9. The lowest BCUT2D eigenvalue weighted by atomic mass is 9.83. The van der Waals surface area contributed by atoms with E-state index < -0.39 is 23.1 Å². The second-order valence-electron chi connectivity index (χ2n) is 9.81. The number of esters is 1. The molecule has 2 aliphatic rings. The largest absolute Gasteiger partial charge is 0.489 e. The quantitative estimate of drug-likeness (QED) is 0.232. The number of thiazole rings is 1. The van der Waals surface area contributed by atoms with Crippen molar-refractivity contribution >= 4 is 46.6 Å². The number of aromatic nitrogens is 1. The van der Waals surface area contributed by atoms with Gasteiger partial charge in [-0.15, -0.1) is 0 Å². The number of nitrogens with one attached hydrogen (secondary N) is 1.